The molecule has 0 radical (unpaired) electrons. The van der Waals surface area contributed by atoms with Crippen LogP contribution in [0, 0.1) is 9.77 Å². The standard InChI is InChI=1S/C19H11FN2O4S2/c20-10-3-6-13-12(8-10)15(17(25)21-13)16-18(26)22(19(27)28-16)11-4-1-9(2-5-11)7-14(23)24/h1-6,8,26H,7H2,(H,23,24). The molecule has 140 valence electrons. The lowest BCUT2D eigenvalue weighted by molar-refractivity contribution is -0.136. The molecular formula is C19H11FN2O4S2. The van der Waals surface area contributed by atoms with Crippen LogP contribution in [0.5, 0.6) is 5.88 Å². The fraction of sp³-hybridized carbons (Fsp3) is 0.0526. The monoisotopic (exact) mass is 414 g/mol. The summed E-state index contributed by atoms with van der Waals surface area (Å²) in [5, 5.41) is 20.3. The number of aliphatic carboxylic acids is 1. The Labute approximate surface area is 166 Å². The van der Waals surface area contributed by atoms with Gasteiger partial charge in [-0.15, -0.1) is 11.3 Å². The maximum atomic E-state index is 13.7. The van der Waals surface area contributed by atoms with Crippen molar-refractivity contribution in [1.82, 2.24) is 4.57 Å². The van der Waals surface area contributed by atoms with Crippen LogP contribution in [0.25, 0.3) is 11.3 Å². The van der Waals surface area contributed by atoms with Gasteiger partial charge in [-0.05, 0) is 48.1 Å². The predicted molar refractivity (Wildman–Crippen MR) is 102 cm³/mol. The average Bonchev–Trinajstić information content (AvgIpc) is 3.10. The van der Waals surface area contributed by atoms with Crippen LogP contribution in [0.15, 0.2) is 47.5 Å². The summed E-state index contributed by atoms with van der Waals surface area (Å²) in [6.45, 7) is 0. The molecule has 3 aromatic rings. The Balaban J connectivity index is 1.87. The third kappa shape index (κ3) is 3.04. The molecule has 0 spiro atoms. The molecule has 0 unspecified atom stereocenters. The molecule has 2 heterocycles. The van der Waals surface area contributed by atoms with E-state index in [9.17, 15) is 19.1 Å². The van der Waals surface area contributed by atoms with Gasteiger partial charge in [0.15, 0.2) is 3.95 Å². The summed E-state index contributed by atoms with van der Waals surface area (Å²) < 4.78 is 15.3. The van der Waals surface area contributed by atoms with Crippen molar-refractivity contribution in [3.63, 3.8) is 0 Å². The van der Waals surface area contributed by atoms with Crippen LogP contribution in [0.4, 0.5) is 4.39 Å². The van der Waals surface area contributed by atoms with E-state index in [1.807, 2.05) is 0 Å². The summed E-state index contributed by atoms with van der Waals surface area (Å²) in [6, 6.07) is 10.3. The number of carbonyl (C=O) groups is 2. The van der Waals surface area contributed by atoms with Crippen LogP contribution in [-0.2, 0) is 16.0 Å². The summed E-state index contributed by atoms with van der Waals surface area (Å²) in [4.78, 5) is 27.3. The van der Waals surface area contributed by atoms with Crippen LogP contribution in [0.1, 0.15) is 10.4 Å². The second-order valence-electron chi connectivity index (χ2n) is 6.05. The van der Waals surface area contributed by atoms with Gasteiger partial charge in [0.1, 0.15) is 10.7 Å². The Morgan fingerprint density at radius 1 is 1.21 bits per heavy atom. The van der Waals surface area contributed by atoms with E-state index >= 15 is 0 Å². The van der Waals surface area contributed by atoms with Crippen LogP contribution in [0.3, 0.4) is 0 Å². The number of aromatic hydroxyl groups is 1. The average molecular weight is 414 g/mol. The Morgan fingerprint density at radius 2 is 1.93 bits per heavy atom. The largest absolute Gasteiger partial charge is 0.493 e. The smallest absolute Gasteiger partial charge is 0.307 e. The van der Waals surface area contributed by atoms with Gasteiger partial charge >= 0.3 is 5.97 Å². The molecule has 2 aromatic carbocycles. The normalized spacial score (nSPS) is 12.8. The minimum absolute atomic E-state index is 0.101. The molecule has 1 aromatic heterocycles. The summed E-state index contributed by atoms with van der Waals surface area (Å²) in [5.41, 5.74) is 1.21. The van der Waals surface area contributed by atoms with Gasteiger partial charge in [-0.3, -0.25) is 14.2 Å². The zero-order chi connectivity index (χ0) is 20.0. The topological polar surface area (TPSA) is 91.9 Å². The van der Waals surface area contributed by atoms with Gasteiger partial charge in [-0.2, -0.15) is 0 Å². The highest BCUT2D eigenvalue weighted by Crippen LogP contribution is 2.34. The molecule has 1 amide bonds. The molecular weight excluding hydrogens is 403 g/mol. The van der Waals surface area contributed by atoms with Crippen LogP contribution in [0.2, 0.25) is 0 Å². The summed E-state index contributed by atoms with van der Waals surface area (Å²) in [5.74, 6) is -2.29. The van der Waals surface area contributed by atoms with E-state index in [-0.39, 0.29) is 26.7 Å². The van der Waals surface area contributed by atoms with E-state index in [0.717, 1.165) is 11.3 Å². The minimum atomic E-state index is -0.948. The zero-order valence-corrected chi connectivity index (χ0v) is 15.7. The van der Waals surface area contributed by atoms with Crippen molar-refractivity contribution in [2.45, 2.75) is 6.42 Å². The Kier molecular flexibility index (Phi) is 4.40. The second kappa shape index (κ2) is 6.77. The van der Waals surface area contributed by atoms with Crippen LogP contribution in [-0.4, -0.2) is 26.7 Å². The molecule has 9 heteroatoms. The molecule has 0 atom stereocenters. The number of amides is 1. The Morgan fingerprint density at radius 3 is 2.61 bits per heavy atom. The van der Waals surface area contributed by atoms with Gasteiger partial charge in [-0.1, -0.05) is 12.1 Å². The van der Waals surface area contributed by atoms with Crippen molar-refractivity contribution in [3.8, 4) is 11.6 Å². The third-order valence-electron chi connectivity index (χ3n) is 4.23. The molecule has 0 fully saturated rings. The lowest BCUT2D eigenvalue weighted by atomic mass is 10.1. The van der Waals surface area contributed by atoms with E-state index in [1.54, 1.807) is 24.3 Å². The van der Waals surface area contributed by atoms with E-state index in [0.29, 0.717) is 21.8 Å². The van der Waals surface area contributed by atoms with Crippen molar-refractivity contribution in [1.29, 1.82) is 0 Å². The molecule has 6 nitrogen and oxygen atoms in total. The summed E-state index contributed by atoms with van der Waals surface area (Å²) in [6.07, 6.45) is -0.122. The molecule has 0 aliphatic carbocycles. The number of rotatable bonds is 4. The van der Waals surface area contributed by atoms with Gasteiger partial charge in [-0.25, -0.2) is 9.38 Å². The number of carbonyl (C=O) groups excluding carboxylic acids is 1. The second-order valence-corrected chi connectivity index (χ2v) is 7.69. The molecule has 2 N–H and O–H groups in total. The first kappa shape index (κ1) is 18.2. The fourth-order valence-electron chi connectivity index (χ4n) is 3.00. The predicted octanol–water partition coefficient (Wildman–Crippen LogP) is 2.10. The number of benzene rings is 2. The highest BCUT2D eigenvalue weighted by molar-refractivity contribution is 7.73. The first-order valence-corrected chi connectivity index (χ1v) is 9.27. The Bertz CT molecular complexity index is 1320. The lowest BCUT2D eigenvalue weighted by Gasteiger charge is -2.06. The number of aromatic nitrogens is 1. The van der Waals surface area contributed by atoms with Crippen molar-refractivity contribution in [3.05, 3.63) is 73.3 Å². The van der Waals surface area contributed by atoms with E-state index in [2.05, 4.69) is 4.99 Å². The van der Waals surface area contributed by atoms with Crippen LogP contribution < -0.4 is 10.6 Å². The van der Waals surface area contributed by atoms with Gasteiger partial charge in [0, 0.05) is 5.22 Å². The van der Waals surface area contributed by atoms with Crippen molar-refractivity contribution < 1.29 is 24.2 Å². The molecule has 0 saturated carbocycles. The first-order chi connectivity index (χ1) is 13.3. The number of halogens is 1. The van der Waals surface area contributed by atoms with Crippen molar-refractivity contribution in [2.75, 3.05) is 0 Å². The number of fused-ring (bicyclic) bond motifs is 1. The number of carboxylic acid groups (broad SMARTS) is 1. The minimum Gasteiger partial charge on any atom is -0.493 e. The molecule has 0 saturated heterocycles. The SMILES string of the molecule is O=C(O)Cc1ccc(-n2c(O)c(C3=c4cc(F)ccc4=NC3=O)sc2=S)cc1. The maximum Gasteiger partial charge on any atom is 0.307 e. The van der Waals surface area contributed by atoms with Crippen molar-refractivity contribution >= 4 is 41.0 Å². The summed E-state index contributed by atoms with van der Waals surface area (Å²) in [7, 11) is 0. The number of nitrogens with zero attached hydrogens (tertiary/aromatic N) is 2. The number of hydrogen-bond acceptors (Lipinski definition) is 5. The Hall–Kier alpha value is -3.17. The highest BCUT2D eigenvalue weighted by Gasteiger charge is 2.26. The number of carboxylic acids is 1. The fourth-order valence-corrected chi connectivity index (χ4v) is 4.38. The summed E-state index contributed by atoms with van der Waals surface area (Å²) >= 11 is 6.36. The van der Waals surface area contributed by atoms with Gasteiger partial charge in [0.2, 0.25) is 5.88 Å². The number of hydrogen-bond donors (Lipinski definition) is 2. The van der Waals surface area contributed by atoms with Gasteiger partial charge in [0.25, 0.3) is 5.91 Å². The van der Waals surface area contributed by atoms with Crippen molar-refractivity contribution in [2.24, 2.45) is 4.99 Å². The van der Waals surface area contributed by atoms with Gasteiger partial charge < -0.3 is 10.2 Å². The van der Waals surface area contributed by atoms with Crippen LogP contribution >= 0.6 is 23.6 Å². The molecule has 0 bridgehead atoms. The molecule has 28 heavy (non-hydrogen) atoms. The highest BCUT2D eigenvalue weighted by atomic mass is 32.1. The number of thiazole rings is 1. The quantitative estimate of drug-likeness (QED) is 0.638. The maximum absolute atomic E-state index is 13.7. The van der Waals surface area contributed by atoms with E-state index < -0.39 is 17.7 Å². The zero-order valence-electron chi connectivity index (χ0n) is 14.0. The molecule has 1 aliphatic heterocycles. The van der Waals surface area contributed by atoms with E-state index in [4.69, 9.17) is 17.3 Å². The third-order valence-corrected chi connectivity index (χ3v) is 5.61. The first-order valence-electron chi connectivity index (χ1n) is 8.04. The van der Waals surface area contributed by atoms with Gasteiger partial charge in [0.05, 0.1) is 23.0 Å². The lowest BCUT2D eigenvalue weighted by Crippen LogP contribution is -2.23. The molecule has 1 aliphatic rings. The molecule has 4 rings (SSSR count). The van der Waals surface area contributed by atoms with E-state index in [1.165, 1.54) is 22.8 Å².